The second kappa shape index (κ2) is 9.85. The van der Waals surface area contributed by atoms with Crippen molar-refractivity contribution in [3.05, 3.63) is 0 Å². The van der Waals surface area contributed by atoms with Crippen molar-refractivity contribution in [2.45, 2.75) is 6.29 Å². The summed E-state index contributed by atoms with van der Waals surface area (Å²) in [5.41, 5.74) is 0. The lowest BCUT2D eigenvalue weighted by atomic mass is 10.5. The third kappa shape index (κ3) is 8.10. The fourth-order valence-corrected chi connectivity index (χ4v) is 0.843. The predicted molar refractivity (Wildman–Crippen MR) is 49.1 cm³/mol. The van der Waals surface area contributed by atoms with E-state index in [0.29, 0.717) is 19.6 Å². The molecule has 13 heavy (non-hydrogen) atoms. The summed E-state index contributed by atoms with van der Waals surface area (Å²) in [6.45, 7) is 1.54. The van der Waals surface area contributed by atoms with Gasteiger partial charge in [0.2, 0.25) is 0 Å². The van der Waals surface area contributed by atoms with E-state index in [4.69, 9.17) is 15.3 Å². The van der Waals surface area contributed by atoms with E-state index in [2.05, 4.69) is 16.0 Å². The van der Waals surface area contributed by atoms with Crippen molar-refractivity contribution in [3.63, 3.8) is 0 Å². The summed E-state index contributed by atoms with van der Waals surface area (Å²) in [6.07, 6.45) is -0.188. The van der Waals surface area contributed by atoms with Gasteiger partial charge in [-0.25, -0.2) is 0 Å². The summed E-state index contributed by atoms with van der Waals surface area (Å²) in [6, 6.07) is 0. The van der Waals surface area contributed by atoms with Crippen LogP contribution in [-0.2, 0) is 0 Å². The lowest BCUT2D eigenvalue weighted by molar-refractivity contribution is 0.229. The first-order valence-corrected chi connectivity index (χ1v) is 4.38. The highest BCUT2D eigenvalue weighted by Crippen LogP contribution is 1.71. The Hall–Kier alpha value is -0.240. The SMILES string of the molecule is OCCNC(NCCO)NCCO. The molecule has 0 aromatic heterocycles. The maximum absolute atomic E-state index is 8.55. The average molecular weight is 193 g/mol. The molecule has 80 valence electrons. The molecule has 0 spiro atoms. The van der Waals surface area contributed by atoms with E-state index in [9.17, 15) is 0 Å². The Labute approximate surface area is 78.0 Å². The van der Waals surface area contributed by atoms with Crippen LogP contribution in [0.3, 0.4) is 0 Å². The van der Waals surface area contributed by atoms with E-state index >= 15 is 0 Å². The summed E-state index contributed by atoms with van der Waals surface area (Å²) in [7, 11) is 0. The summed E-state index contributed by atoms with van der Waals surface area (Å²) >= 11 is 0. The van der Waals surface area contributed by atoms with Gasteiger partial charge in [-0.2, -0.15) is 0 Å². The molecule has 6 N–H and O–H groups in total. The molecule has 0 aliphatic carbocycles. The zero-order valence-corrected chi connectivity index (χ0v) is 7.66. The van der Waals surface area contributed by atoms with Crippen LogP contribution in [0.4, 0.5) is 0 Å². The number of hydrogen-bond donors (Lipinski definition) is 6. The Balaban J connectivity index is 3.47. The highest BCUT2D eigenvalue weighted by molar-refractivity contribution is 4.61. The molecule has 0 aliphatic rings. The lowest BCUT2D eigenvalue weighted by Crippen LogP contribution is -2.54. The average Bonchev–Trinajstić information content (AvgIpc) is 2.17. The van der Waals surface area contributed by atoms with E-state index in [1.165, 1.54) is 0 Å². The first-order valence-electron chi connectivity index (χ1n) is 4.38. The van der Waals surface area contributed by atoms with Crippen molar-refractivity contribution >= 4 is 0 Å². The largest absolute Gasteiger partial charge is 0.395 e. The quantitative estimate of drug-likeness (QED) is 0.219. The number of aliphatic hydroxyl groups excluding tert-OH is 3. The van der Waals surface area contributed by atoms with Gasteiger partial charge in [0.05, 0.1) is 19.8 Å². The van der Waals surface area contributed by atoms with Crippen LogP contribution in [0, 0.1) is 0 Å². The van der Waals surface area contributed by atoms with Gasteiger partial charge in [-0.05, 0) is 0 Å². The van der Waals surface area contributed by atoms with E-state index in [1.54, 1.807) is 0 Å². The second-order valence-corrected chi connectivity index (χ2v) is 2.47. The Morgan fingerprint density at radius 1 is 0.692 bits per heavy atom. The van der Waals surface area contributed by atoms with Gasteiger partial charge in [-0.1, -0.05) is 0 Å². The van der Waals surface area contributed by atoms with Crippen molar-refractivity contribution in [3.8, 4) is 0 Å². The maximum atomic E-state index is 8.55. The maximum Gasteiger partial charge on any atom is 0.112 e. The number of rotatable bonds is 9. The third-order valence-electron chi connectivity index (χ3n) is 1.38. The van der Waals surface area contributed by atoms with Gasteiger partial charge in [0.1, 0.15) is 6.29 Å². The van der Waals surface area contributed by atoms with Crippen LogP contribution < -0.4 is 16.0 Å². The first-order chi connectivity index (χ1) is 6.35. The second-order valence-electron chi connectivity index (χ2n) is 2.47. The molecule has 0 aromatic carbocycles. The molecular formula is C7H19N3O3. The zero-order chi connectivity index (χ0) is 9.94. The highest BCUT2D eigenvalue weighted by atomic mass is 16.3. The summed E-state index contributed by atoms with van der Waals surface area (Å²) in [5.74, 6) is 0. The molecule has 0 saturated carbocycles. The number of aliphatic hydroxyl groups is 3. The van der Waals surface area contributed by atoms with Crippen molar-refractivity contribution in [2.24, 2.45) is 0 Å². The summed E-state index contributed by atoms with van der Waals surface area (Å²) < 4.78 is 0. The standard InChI is InChI=1S/C7H19N3O3/c11-4-1-8-7(9-2-5-12)10-3-6-13/h7-13H,1-6H2. The van der Waals surface area contributed by atoms with Crippen LogP contribution >= 0.6 is 0 Å². The van der Waals surface area contributed by atoms with Crippen LogP contribution in [0.25, 0.3) is 0 Å². The Bertz CT molecular complexity index is 86.0. The molecular weight excluding hydrogens is 174 g/mol. The molecule has 6 heteroatoms. The van der Waals surface area contributed by atoms with Crippen molar-refractivity contribution in [2.75, 3.05) is 39.5 Å². The van der Waals surface area contributed by atoms with Crippen molar-refractivity contribution < 1.29 is 15.3 Å². The normalized spacial score (nSPS) is 11.1. The molecule has 0 heterocycles. The van der Waals surface area contributed by atoms with Gasteiger partial charge in [0.15, 0.2) is 0 Å². The lowest BCUT2D eigenvalue weighted by Gasteiger charge is -2.20. The Kier molecular flexibility index (Phi) is 9.66. The fourth-order valence-electron chi connectivity index (χ4n) is 0.843. The van der Waals surface area contributed by atoms with Crippen LogP contribution in [0.1, 0.15) is 0 Å². The van der Waals surface area contributed by atoms with E-state index < -0.39 is 0 Å². The van der Waals surface area contributed by atoms with Crippen LogP contribution in [-0.4, -0.2) is 61.1 Å². The number of nitrogens with one attached hydrogen (secondary N) is 3. The number of hydrogen-bond acceptors (Lipinski definition) is 6. The molecule has 0 rings (SSSR count). The Morgan fingerprint density at radius 2 is 1.00 bits per heavy atom. The molecule has 0 radical (unpaired) electrons. The van der Waals surface area contributed by atoms with E-state index in [0.717, 1.165) is 0 Å². The molecule has 0 aliphatic heterocycles. The molecule has 0 fully saturated rings. The minimum Gasteiger partial charge on any atom is -0.395 e. The monoisotopic (exact) mass is 193 g/mol. The minimum atomic E-state index is -0.188. The molecule has 0 unspecified atom stereocenters. The molecule has 0 amide bonds. The predicted octanol–water partition coefficient (Wildman–Crippen LogP) is -2.98. The van der Waals surface area contributed by atoms with Gasteiger partial charge in [-0.15, -0.1) is 0 Å². The summed E-state index contributed by atoms with van der Waals surface area (Å²) in [5, 5.41) is 34.5. The van der Waals surface area contributed by atoms with E-state index in [-0.39, 0.29) is 26.1 Å². The third-order valence-corrected chi connectivity index (χ3v) is 1.38. The topological polar surface area (TPSA) is 96.8 Å². The summed E-state index contributed by atoms with van der Waals surface area (Å²) in [4.78, 5) is 0. The van der Waals surface area contributed by atoms with Gasteiger partial charge < -0.3 is 15.3 Å². The molecule has 0 aromatic rings. The van der Waals surface area contributed by atoms with E-state index in [1.807, 2.05) is 0 Å². The molecule has 0 atom stereocenters. The van der Waals surface area contributed by atoms with Crippen molar-refractivity contribution in [1.29, 1.82) is 0 Å². The Morgan fingerprint density at radius 3 is 1.23 bits per heavy atom. The van der Waals surface area contributed by atoms with Crippen molar-refractivity contribution in [1.82, 2.24) is 16.0 Å². The van der Waals surface area contributed by atoms with Gasteiger partial charge >= 0.3 is 0 Å². The van der Waals surface area contributed by atoms with Crippen LogP contribution in [0.15, 0.2) is 0 Å². The fraction of sp³-hybridized carbons (Fsp3) is 1.00. The highest BCUT2D eigenvalue weighted by Gasteiger charge is 2.03. The first kappa shape index (κ1) is 12.8. The van der Waals surface area contributed by atoms with Crippen LogP contribution in [0.2, 0.25) is 0 Å². The zero-order valence-electron chi connectivity index (χ0n) is 7.66. The minimum absolute atomic E-state index is 0.0537. The van der Waals surface area contributed by atoms with Crippen LogP contribution in [0.5, 0.6) is 0 Å². The molecule has 6 nitrogen and oxygen atoms in total. The smallest absolute Gasteiger partial charge is 0.112 e. The molecule has 0 bridgehead atoms. The van der Waals surface area contributed by atoms with Gasteiger partial charge in [0.25, 0.3) is 0 Å². The van der Waals surface area contributed by atoms with Gasteiger partial charge in [-0.3, -0.25) is 16.0 Å². The molecule has 0 saturated heterocycles. The van der Waals surface area contributed by atoms with Gasteiger partial charge in [0, 0.05) is 19.6 Å².